The fourth-order valence-corrected chi connectivity index (χ4v) is 2.92. The van der Waals surface area contributed by atoms with Gasteiger partial charge in [-0.1, -0.05) is 29.4 Å². The summed E-state index contributed by atoms with van der Waals surface area (Å²) >= 11 is 0. The summed E-state index contributed by atoms with van der Waals surface area (Å²) in [6.07, 6.45) is -0.716. The number of carbonyl (C=O) groups excluding carboxylic acids is 1. The molecule has 7 heteroatoms. The predicted octanol–water partition coefficient (Wildman–Crippen LogP) is 3.07. The number of hydrogen-bond acceptors (Lipinski definition) is 5. The number of imidazole rings is 1. The van der Waals surface area contributed by atoms with Gasteiger partial charge in [0.2, 0.25) is 5.78 Å². The summed E-state index contributed by atoms with van der Waals surface area (Å²) in [5.74, 6) is -1.63. The lowest BCUT2D eigenvalue weighted by Gasteiger charge is -2.10. The third-order valence-electron chi connectivity index (χ3n) is 4.24. The Balaban J connectivity index is 1.54. The van der Waals surface area contributed by atoms with Gasteiger partial charge >= 0.3 is 0 Å². The molecular weight excluding hydrogens is 335 g/mol. The molecule has 4 rings (SSSR count). The van der Waals surface area contributed by atoms with Crippen LogP contribution in [0.4, 0.5) is 4.39 Å². The summed E-state index contributed by atoms with van der Waals surface area (Å²) in [4.78, 5) is 25.3. The second kappa shape index (κ2) is 6.41. The lowest BCUT2D eigenvalue weighted by molar-refractivity contribution is -0.129. The van der Waals surface area contributed by atoms with Crippen LogP contribution in [0.5, 0.6) is 0 Å². The average molecular weight is 348 g/mol. The highest BCUT2D eigenvalue weighted by Crippen LogP contribution is 2.25. The van der Waals surface area contributed by atoms with Gasteiger partial charge in [0.1, 0.15) is 11.6 Å². The van der Waals surface area contributed by atoms with E-state index in [9.17, 15) is 14.4 Å². The molecule has 0 fully saturated rings. The number of rotatable bonds is 4. The Hall–Kier alpha value is -3.53. The van der Waals surface area contributed by atoms with Crippen molar-refractivity contribution in [1.82, 2.24) is 9.97 Å². The standard InChI is InChI=1S/C19H13FN4O2/c20-12-5-3-4-11(8-12)16-9-17(26-24-16)18(25)13(10-21)19-22-14-6-1-2-7-15(14)23-19/h1-8,13,17H,9H2,(H,22,23)/t13-,17+/m1/s1. The maximum atomic E-state index is 13.4. The Bertz CT molecular complexity index is 1030. The van der Waals surface area contributed by atoms with Crippen LogP contribution in [-0.4, -0.2) is 27.6 Å². The van der Waals surface area contributed by atoms with Gasteiger partial charge in [-0.25, -0.2) is 9.37 Å². The lowest BCUT2D eigenvalue weighted by atomic mass is 9.95. The molecule has 0 radical (unpaired) electrons. The van der Waals surface area contributed by atoms with E-state index in [1.54, 1.807) is 18.2 Å². The van der Waals surface area contributed by atoms with Gasteiger partial charge in [0.05, 0.1) is 22.8 Å². The molecule has 6 nitrogen and oxygen atoms in total. The zero-order valence-corrected chi connectivity index (χ0v) is 13.5. The van der Waals surface area contributed by atoms with Gasteiger partial charge in [-0.05, 0) is 24.3 Å². The maximum Gasteiger partial charge on any atom is 0.201 e. The van der Waals surface area contributed by atoms with E-state index >= 15 is 0 Å². The van der Waals surface area contributed by atoms with Crippen molar-refractivity contribution >= 4 is 22.5 Å². The quantitative estimate of drug-likeness (QED) is 0.784. The minimum Gasteiger partial charge on any atom is -0.384 e. The second-order valence-corrected chi connectivity index (χ2v) is 5.95. The minimum absolute atomic E-state index is 0.181. The van der Waals surface area contributed by atoms with Gasteiger partial charge in [-0.15, -0.1) is 0 Å². The van der Waals surface area contributed by atoms with Crippen LogP contribution in [0.3, 0.4) is 0 Å². The third-order valence-corrected chi connectivity index (χ3v) is 4.24. The van der Waals surface area contributed by atoms with Gasteiger partial charge in [0, 0.05) is 12.0 Å². The van der Waals surface area contributed by atoms with Crippen LogP contribution in [0.1, 0.15) is 23.7 Å². The number of para-hydroxylation sites is 2. The SMILES string of the molecule is N#C[C@H](C(=O)[C@@H]1CC(c2cccc(F)c2)=NO1)c1nc2ccccc2[nH]1. The van der Waals surface area contributed by atoms with E-state index in [0.29, 0.717) is 16.8 Å². The molecule has 0 saturated heterocycles. The fraction of sp³-hybridized carbons (Fsp3) is 0.158. The Morgan fingerprint density at radius 1 is 1.31 bits per heavy atom. The van der Waals surface area contributed by atoms with E-state index < -0.39 is 23.6 Å². The number of H-pyrrole nitrogens is 1. The van der Waals surface area contributed by atoms with Gasteiger partial charge < -0.3 is 9.82 Å². The highest BCUT2D eigenvalue weighted by atomic mass is 19.1. The number of fused-ring (bicyclic) bond motifs is 1. The number of nitriles is 1. The number of aromatic amines is 1. The van der Waals surface area contributed by atoms with Crippen molar-refractivity contribution in [2.75, 3.05) is 0 Å². The van der Waals surface area contributed by atoms with E-state index in [1.165, 1.54) is 12.1 Å². The highest BCUT2D eigenvalue weighted by Gasteiger charge is 2.36. The Morgan fingerprint density at radius 2 is 2.15 bits per heavy atom. The predicted molar refractivity (Wildman–Crippen MR) is 91.9 cm³/mol. The zero-order valence-electron chi connectivity index (χ0n) is 13.5. The lowest BCUT2D eigenvalue weighted by Crippen LogP contribution is -2.27. The van der Waals surface area contributed by atoms with E-state index in [2.05, 4.69) is 15.1 Å². The fourth-order valence-electron chi connectivity index (χ4n) is 2.92. The highest BCUT2D eigenvalue weighted by molar-refractivity contribution is 6.05. The molecule has 2 atom stereocenters. The molecule has 0 amide bonds. The number of benzene rings is 2. The average Bonchev–Trinajstić information content (AvgIpc) is 3.29. The second-order valence-electron chi connectivity index (χ2n) is 5.95. The van der Waals surface area contributed by atoms with Crippen LogP contribution in [0.15, 0.2) is 53.7 Å². The third kappa shape index (κ3) is 2.82. The van der Waals surface area contributed by atoms with Crippen molar-refractivity contribution in [3.63, 3.8) is 0 Å². The van der Waals surface area contributed by atoms with Crippen LogP contribution >= 0.6 is 0 Å². The van der Waals surface area contributed by atoms with Crippen LogP contribution < -0.4 is 0 Å². The summed E-state index contributed by atoms with van der Waals surface area (Å²) in [5, 5.41) is 13.4. The van der Waals surface area contributed by atoms with Gasteiger partial charge in [0.15, 0.2) is 12.0 Å². The molecule has 2 aromatic carbocycles. The summed E-state index contributed by atoms with van der Waals surface area (Å²) in [6, 6.07) is 15.2. The van der Waals surface area contributed by atoms with Crippen molar-refractivity contribution in [2.45, 2.75) is 18.4 Å². The first-order valence-corrected chi connectivity index (χ1v) is 8.02. The molecule has 0 saturated carbocycles. The number of oxime groups is 1. The van der Waals surface area contributed by atoms with E-state index in [0.717, 1.165) is 5.52 Å². The first-order chi connectivity index (χ1) is 12.7. The molecule has 0 unspecified atom stereocenters. The van der Waals surface area contributed by atoms with Crippen LogP contribution in [0, 0.1) is 17.1 Å². The molecular formula is C19H13FN4O2. The monoisotopic (exact) mass is 348 g/mol. The molecule has 1 N–H and O–H groups in total. The number of halogens is 1. The van der Waals surface area contributed by atoms with E-state index in [4.69, 9.17) is 4.84 Å². The first kappa shape index (κ1) is 16.0. The number of Topliss-reactive ketones (excluding diaryl/α,β-unsaturated/α-hetero) is 1. The molecule has 0 spiro atoms. The normalized spacial score (nSPS) is 17.4. The number of nitrogens with zero attached hydrogens (tertiary/aromatic N) is 3. The number of ketones is 1. The van der Waals surface area contributed by atoms with Crippen molar-refractivity contribution in [2.24, 2.45) is 5.16 Å². The molecule has 0 aliphatic carbocycles. The van der Waals surface area contributed by atoms with Crippen molar-refractivity contribution < 1.29 is 14.0 Å². The molecule has 0 bridgehead atoms. The molecule has 128 valence electrons. The smallest absolute Gasteiger partial charge is 0.201 e. The first-order valence-electron chi connectivity index (χ1n) is 8.02. The number of aromatic nitrogens is 2. The van der Waals surface area contributed by atoms with Crippen molar-refractivity contribution in [1.29, 1.82) is 5.26 Å². The van der Waals surface area contributed by atoms with E-state index in [-0.39, 0.29) is 12.2 Å². The molecule has 2 heterocycles. The van der Waals surface area contributed by atoms with Crippen LogP contribution in [0.2, 0.25) is 0 Å². The Labute approximate surface area is 147 Å². The maximum absolute atomic E-state index is 13.4. The Kier molecular flexibility index (Phi) is 3.93. The molecule has 1 aliphatic heterocycles. The van der Waals surface area contributed by atoms with Gasteiger partial charge in [-0.2, -0.15) is 5.26 Å². The number of nitrogens with one attached hydrogen (secondary N) is 1. The van der Waals surface area contributed by atoms with Crippen LogP contribution in [-0.2, 0) is 9.63 Å². The van der Waals surface area contributed by atoms with E-state index in [1.807, 2.05) is 24.3 Å². The molecule has 1 aromatic heterocycles. The number of carbonyl (C=O) groups is 1. The van der Waals surface area contributed by atoms with Gasteiger partial charge in [-0.3, -0.25) is 4.79 Å². The van der Waals surface area contributed by atoms with Gasteiger partial charge in [0.25, 0.3) is 0 Å². The molecule has 26 heavy (non-hydrogen) atoms. The van der Waals surface area contributed by atoms with Crippen molar-refractivity contribution in [3.05, 3.63) is 65.7 Å². The zero-order chi connectivity index (χ0) is 18.1. The Morgan fingerprint density at radius 3 is 2.92 bits per heavy atom. The topological polar surface area (TPSA) is 91.1 Å². The minimum atomic E-state index is -1.09. The number of hydrogen-bond donors (Lipinski definition) is 1. The van der Waals surface area contributed by atoms with Crippen LogP contribution in [0.25, 0.3) is 11.0 Å². The summed E-state index contributed by atoms with van der Waals surface area (Å²) in [7, 11) is 0. The summed E-state index contributed by atoms with van der Waals surface area (Å²) in [5.41, 5.74) is 2.46. The summed E-state index contributed by atoms with van der Waals surface area (Å²) in [6.45, 7) is 0. The molecule has 3 aromatic rings. The summed E-state index contributed by atoms with van der Waals surface area (Å²) < 4.78 is 13.4. The van der Waals surface area contributed by atoms with Crippen molar-refractivity contribution in [3.8, 4) is 6.07 Å². The largest absolute Gasteiger partial charge is 0.384 e. The molecule has 1 aliphatic rings.